The molecule has 2 aliphatic heterocycles. The third-order valence-corrected chi connectivity index (χ3v) is 6.34. The van der Waals surface area contributed by atoms with Gasteiger partial charge >= 0.3 is 0 Å². The first-order valence-electron chi connectivity index (χ1n) is 10.3. The van der Waals surface area contributed by atoms with E-state index in [1.807, 2.05) is 6.20 Å². The van der Waals surface area contributed by atoms with Crippen molar-refractivity contribution in [2.75, 3.05) is 13.1 Å². The van der Waals surface area contributed by atoms with Gasteiger partial charge in [0.2, 0.25) is 0 Å². The van der Waals surface area contributed by atoms with Gasteiger partial charge in [0.05, 0.1) is 0 Å². The van der Waals surface area contributed by atoms with E-state index in [1.165, 1.54) is 45.2 Å². The van der Waals surface area contributed by atoms with Gasteiger partial charge in [-0.05, 0) is 51.1 Å². The lowest BCUT2D eigenvalue weighted by molar-refractivity contribution is 0.0521. The Morgan fingerprint density at radius 1 is 1.23 bits per heavy atom. The molecule has 6 heteroatoms. The van der Waals surface area contributed by atoms with Gasteiger partial charge in [-0.15, -0.1) is 0 Å². The number of hydrogen-bond acceptors (Lipinski definition) is 3. The van der Waals surface area contributed by atoms with Crippen LogP contribution in [0.5, 0.6) is 0 Å². The smallest absolute Gasteiger partial charge is 0.161 e. The van der Waals surface area contributed by atoms with Crippen molar-refractivity contribution < 1.29 is 0 Å². The first kappa shape index (κ1) is 18.1. The fourth-order valence-corrected chi connectivity index (χ4v) is 4.96. The third-order valence-electron chi connectivity index (χ3n) is 6.06. The molecule has 2 atom stereocenters. The molecule has 0 bridgehead atoms. The highest BCUT2D eigenvalue weighted by Crippen LogP contribution is 2.33. The number of halogens is 1. The van der Waals surface area contributed by atoms with E-state index in [1.54, 1.807) is 0 Å². The zero-order valence-corrected chi connectivity index (χ0v) is 16.5. The number of fused-ring (bicyclic) bond motifs is 1. The van der Waals surface area contributed by atoms with E-state index in [9.17, 15) is 0 Å². The maximum atomic E-state index is 6.46. The first-order valence-corrected chi connectivity index (χ1v) is 10.6. The van der Waals surface area contributed by atoms with Crippen LogP contribution in [-0.4, -0.2) is 43.6 Å². The summed E-state index contributed by atoms with van der Waals surface area (Å²) < 4.78 is 2.27. The van der Waals surface area contributed by atoms with Crippen LogP contribution >= 0.6 is 11.6 Å². The maximum absolute atomic E-state index is 6.46. The zero-order valence-electron chi connectivity index (χ0n) is 15.8. The lowest BCUT2D eigenvalue weighted by Crippen LogP contribution is -2.49. The molecule has 26 heavy (non-hydrogen) atoms. The summed E-state index contributed by atoms with van der Waals surface area (Å²) in [5, 5.41) is 0.617. The van der Waals surface area contributed by atoms with Crippen LogP contribution in [0.15, 0.2) is 12.4 Å². The van der Waals surface area contributed by atoms with E-state index >= 15 is 0 Å². The highest BCUT2D eigenvalue weighted by atomic mass is 35.5. The Morgan fingerprint density at radius 2 is 2.12 bits per heavy atom. The van der Waals surface area contributed by atoms with Crippen molar-refractivity contribution in [2.24, 2.45) is 5.92 Å². The number of aromatic amines is 1. The standard InChI is InChI=1S/C20H30ClN5/c1-2-3-9-17-23-18(19(21)24-17)20-22-10-13-26(20)14-15-7-6-12-25-11-5-4-8-16(15)25/h10,13,15-16H,2-9,11-12,14H2,1H3,(H,23,24)/t15-,16+/m0/s1. The molecule has 0 saturated carbocycles. The fraction of sp³-hybridized carbons (Fsp3) is 0.700. The monoisotopic (exact) mass is 375 g/mol. The molecule has 2 aromatic heterocycles. The van der Waals surface area contributed by atoms with Crippen LogP contribution in [0.1, 0.15) is 57.7 Å². The van der Waals surface area contributed by atoms with Crippen LogP contribution in [-0.2, 0) is 13.0 Å². The lowest BCUT2D eigenvalue weighted by Gasteiger charge is -2.44. The summed E-state index contributed by atoms with van der Waals surface area (Å²) in [4.78, 5) is 15.3. The fourth-order valence-electron chi connectivity index (χ4n) is 4.73. The lowest BCUT2D eigenvalue weighted by atomic mass is 9.83. The Labute approximate surface area is 161 Å². The van der Waals surface area contributed by atoms with Gasteiger partial charge in [-0.2, -0.15) is 0 Å². The van der Waals surface area contributed by atoms with Gasteiger partial charge in [-0.3, -0.25) is 0 Å². The van der Waals surface area contributed by atoms with Crippen molar-refractivity contribution in [1.82, 2.24) is 24.4 Å². The van der Waals surface area contributed by atoms with E-state index in [0.29, 0.717) is 11.1 Å². The number of nitrogens with zero attached hydrogens (tertiary/aromatic N) is 4. The highest BCUT2D eigenvalue weighted by molar-refractivity contribution is 6.31. The van der Waals surface area contributed by atoms with Crippen LogP contribution < -0.4 is 0 Å². The molecule has 0 radical (unpaired) electrons. The number of unbranched alkanes of at least 4 members (excludes halogenated alkanes) is 1. The summed E-state index contributed by atoms with van der Waals surface area (Å²) in [5.74, 6) is 2.58. The van der Waals surface area contributed by atoms with Crippen LogP contribution in [0.3, 0.4) is 0 Å². The first-order chi connectivity index (χ1) is 12.8. The molecular formula is C20H30ClN5. The van der Waals surface area contributed by atoms with Gasteiger partial charge in [-0.1, -0.05) is 31.4 Å². The number of nitrogens with one attached hydrogen (secondary N) is 1. The van der Waals surface area contributed by atoms with E-state index in [2.05, 4.69) is 32.6 Å². The van der Waals surface area contributed by atoms with Crippen molar-refractivity contribution in [1.29, 1.82) is 0 Å². The Kier molecular flexibility index (Phi) is 5.65. The summed E-state index contributed by atoms with van der Waals surface area (Å²) in [6, 6.07) is 0.738. The van der Waals surface area contributed by atoms with E-state index in [-0.39, 0.29) is 0 Å². The minimum atomic E-state index is 0.617. The largest absolute Gasteiger partial charge is 0.332 e. The molecule has 1 N–H and O–H groups in total. The van der Waals surface area contributed by atoms with Gasteiger partial charge in [0, 0.05) is 31.4 Å². The van der Waals surface area contributed by atoms with Crippen LogP contribution in [0.25, 0.3) is 11.5 Å². The number of H-pyrrole nitrogens is 1. The number of aromatic nitrogens is 4. The summed E-state index contributed by atoms with van der Waals surface area (Å²) in [5.41, 5.74) is 0.805. The Hall–Kier alpha value is -1.33. The zero-order chi connectivity index (χ0) is 17.9. The van der Waals surface area contributed by atoms with E-state index in [4.69, 9.17) is 16.6 Å². The van der Waals surface area contributed by atoms with Crippen molar-refractivity contribution in [3.8, 4) is 11.5 Å². The minimum Gasteiger partial charge on any atom is -0.332 e. The molecule has 5 nitrogen and oxygen atoms in total. The summed E-state index contributed by atoms with van der Waals surface area (Å²) in [7, 11) is 0. The van der Waals surface area contributed by atoms with Gasteiger partial charge in [0.15, 0.2) is 5.82 Å². The molecule has 0 unspecified atom stereocenters. The van der Waals surface area contributed by atoms with Gasteiger partial charge in [0.25, 0.3) is 0 Å². The van der Waals surface area contributed by atoms with Crippen molar-refractivity contribution in [2.45, 2.75) is 70.9 Å². The van der Waals surface area contributed by atoms with Crippen LogP contribution in [0.4, 0.5) is 0 Å². The minimum absolute atomic E-state index is 0.617. The SMILES string of the molecule is CCCCc1nc(-c2nccn2C[C@@H]2CCCN3CCCC[C@H]23)c(Cl)[nH]1. The van der Waals surface area contributed by atoms with Gasteiger partial charge in [0.1, 0.15) is 16.7 Å². The van der Waals surface area contributed by atoms with Gasteiger partial charge in [-0.25, -0.2) is 9.97 Å². The van der Waals surface area contributed by atoms with Crippen molar-refractivity contribution >= 4 is 11.6 Å². The number of aryl methyl sites for hydroxylation is 1. The normalized spacial score (nSPS) is 23.9. The quantitative estimate of drug-likeness (QED) is 0.806. The summed E-state index contributed by atoms with van der Waals surface area (Å²) in [6.45, 7) is 5.77. The molecule has 0 aromatic carbocycles. The topological polar surface area (TPSA) is 49.7 Å². The summed E-state index contributed by atoms with van der Waals surface area (Å²) in [6.07, 6.45) is 13.9. The van der Waals surface area contributed by atoms with E-state index < -0.39 is 0 Å². The molecule has 4 heterocycles. The molecule has 0 amide bonds. The predicted octanol–water partition coefficient (Wildman–Crippen LogP) is 4.53. The molecule has 2 aliphatic rings. The average molecular weight is 376 g/mol. The third kappa shape index (κ3) is 3.70. The Morgan fingerprint density at radius 3 is 3.00 bits per heavy atom. The highest BCUT2D eigenvalue weighted by Gasteiger charge is 2.33. The second kappa shape index (κ2) is 8.13. The molecular weight excluding hydrogens is 346 g/mol. The van der Waals surface area contributed by atoms with Crippen LogP contribution in [0, 0.1) is 5.92 Å². The van der Waals surface area contributed by atoms with E-state index in [0.717, 1.165) is 49.2 Å². The maximum Gasteiger partial charge on any atom is 0.161 e. The number of piperidine rings is 2. The van der Waals surface area contributed by atoms with Gasteiger partial charge < -0.3 is 14.5 Å². The molecule has 142 valence electrons. The molecule has 0 spiro atoms. The average Bonchev–Trinajstić information content (AvgIpc) is 3.26. The molecule has 0 aliphatic carbocycles. The number of hydrogen-bond donors (Lipinski definition) is 1. The second-order valence-electron chi connectivity index (χ2n) is 7.85. The Bertz CT molecular complexity index is 720. The van der Waals surface area contributed by atoms with Crippen molar-refractivity contribution in [3.05, 3.63) is 23.4 Å². The van der Waals surface area contributed by atoms with Crippen molar-refractivity contribution in [3.63, 3.8) is 0 Å². The molecule has 2 fully saturated rings. The molecule has 4 rings (SSSR count). The molecule has 2 saturated heterocycles. The number of rotatable bonds is 6. The Balaban J connectivity index is 1.53. The second-order valence-corrected chi connectivity index (χ2v) is 8.23. The number of imidazole rings is 2. The predicted molar refractivity (Wildman–Crippen MR) is 105 cm³/mol. The van der Waals surface area contributed by atoms with Crippen LogP contribution in [0.2, 0.25) is 5.15 Å². The molecule has 2 aromatic rings. The summed E-state index contributed by atoms with van der Waals surface area (Å²) >= 11 is 6.46.